The lowest BCUT2D eigenvalue weighted by Gasteiger charge is -2.24. The van der Waals surface area contributed by atoms with E-state index in [4.69, 9.17) is 4.74 Å². The highest BCUT2D eigenvalue weighted by molar-refractivity contribution is 6.02. The van der Waals surface area contributed by atoms with Gasteiger partial charge in [0.1, 0.15) is 11.4 Å². The van der Waals surface area contributed by atoms with Crippen molar-refractivity contribution in [2.45, 2.75) is 57.5 Å². The zero-order chi connectivity index (χ0) is 14.4. The van der Waals surface area contributed by atoms with Crippen molar-refractivity contribution in [3.63, 3.8) is 0 Å². The second-order valence-corrected chi connectivity index (χ2v) is 5.53. The SMILES string of the molecule is CCCOc1cncc(C(=O)C2(O)CCCCCC2)c1. The number of ketones is 1. The van der Waals surface area contributed by atoms with Crippen LogP contribution in [0.3, 0.4) is 0 Å². The Morgan fingerprint density at radius 2 is 2.00 bits per heavy atom. The molecule has 1 N–H and O–H groups in total. The van der Waals surface area contributed by atoms with Gasteiger partial charge in [-0.3, -0.25) is 9.78 Å². The number of aromatic nitrogens is 1. The van der Waals surface area contributed by atoms with Crippen LogP contribution in [0.15, 0.2) is 18.5 Å². The molecule has 1 heterocycles. The van der Waals surface area contributed by atoms with E-state index < -0.39 is 5.60 Å². The number of carbonyl (C=O) groups excluding carboxylic acids is 1. The van der Waals surface area contributed by atoms with Crippen LogP contribution in [0.4, 0.5) is 0 Å². The van der Waals surface area contributed by atoms with Gasteiger partial charge in [-0.25, -0.2) is 0 Å². The maximum Gasteiger partial charge on any atom is 0.196 e. The molecular weight excluding hydrogens is 254 g/mol. The van der Waals surface area contributed by atoms with E-state index in [0.29, 0.717) is 30.8 Å². The van der Waals surface area contributed by atoms with Crippen LogP contribution >= 0.6 is 0 Å². The molecule has 1 aromatic heterocycles. The Bertz CT molecular complexity index is 451. The molecule has 110 valence electrons. The van der Waals surface area contributed by atoms with Gasteiger partial charge in [-0.15, -0.1) is 0 Å². The second kappa shape index (κ2) is 6.84. The molecule has 1 aliphatic carbocycles. The van der Waals surface area contributed by atoms with Crippen LogP contribution in [0.2, 0.25) is 0 Å². The van der Waals surface area contributed by atoms with Crippen molar-refractivity contribution in [1.29, 1.82) is 0 Å². The zero-order valence-electron chi connectivity index (χ0n) is 12.1. The molecule has 4 heteroatoms. The van der Waals surface area contributed by atoms with Gasteiger partial charge >= 0.3 is 0 Å². The molecule has 0 unspecified atom stereocenters. The van der Waals surface area contributed by atoms with Crippen molar-refractivity contribution in [1.82, 2.24) is 4.98 Å². The third-order valence-corrected chi connectivity index (χ3v) is 3.80. The van der Waals surface area contributed by atoms with Crippen molar-refractivity contribution in [3.8, 4) is 5.75 Å². The highest BCUT2D eigenvalue weighted by Gasteiger charge is 2.36. The lowest BCUT2D eigenvalue weighted by Crippen LogP contribution is -2.38. The first-order valence-electron chi connectivity index (χ1n) is 7.51. The molecule has 2 rings (SSSR count). The van der Waals surface area contributed by atoms with Gasteiger partial charge in [-0.2, -0.15) is 0 Å². The molecule has 0 amide bonds. The van der Waals surface area contributed by atoms with Gasteiger partial charge in [0.2, 0.25) is 0 Å². The third-order valence-electron chi connectivity index (χ3n) is 3.80. The minimum atomic E-state index is -1.22. The van der Waals surface area contributed by atoms with Gasteiger partial charge in [0.15, 0.2) is 5.78 Å². The highest BCUT2D eigenvalue weighted by atomic mass is 16.5. The van der Waals surface area contributed by atoms with Crippen molar-refractivity contribution < 1.29 is 14.6 Å². The van der Waals surface area contributed by atoms with Gasteiger partial charge in [0.25, 0.3) is 0 Å². The first kappa shape index (κ1) is 15.0. The molecule has 0 aliphatic heterocycles. The summed E-state index contributed by atoms with van der Waals surface area (Å²) in [5.41, 5.74) is -0.773. The fraction of sp³-hybridized carbons (Fsp3) is 0.625. The molecule has 0 bridgehead atoms. The minimum Gasteiger partial charge on any atom is -0.492 e. The zero-order valence-corrected chi connectivity index (χ0v) is 12.1. The van der Waals surface area contributed by atoms with Crippen LogP contribution in [0.5, 0.6) is 5.75 Å². The van der Waals surface area contributed by atoms with Crippen LogP contribution in [0.25, 0.3) is 0 Å². The van der Waals surface area contributed by atoms with E-state index in [-0.39, 0.29) is 5.78 Å². The van der Waals surface area contributed by atoms with Crippen LogP contribution in [0.1, 0.15) is 62.2 Å². The summed E-state index contributed by atoms with van der Waals surface area (Å²) in [6.07, 6.45) is 9.11. The third kappa shape index (κ3) is 3.57. The van der Waals surface area contributed by atoms with Gasteiger partial charge in [0.05, 0.1) is 12.8 Å². The maximum atomic E-state index is 12.6. The number of Topliss-reactive ketones (excluding diaryl/α,β-unsaturated/α-hetero) is 1. The molecule has 1 saturated carbocycles. The summed E-state index contributed by atoms with van der Waals surface area (Å²) in [6.45, 7) is 2.63. The summed E-state index contributed by atoms with van der Waals surface area (Å²) in [7, 11) is 0. The molecule has 0 atom stereocenters. The Balaban J connectivity index is 2.14. The van der Waals surface area contributed by atoms with Gasteiger partial charge in [-0.1, -0.05) is 32.6 Å². The quantitative estimate of drug-likeness (QED) is 0.663. The van der Waals surface area contributed by atoms with Gasteiger partial charge in [-0.05, 0) is 25.3 Å². The predicted molar refractivity (Wildman–Crippen MR) is 77.0 cm³/mol. The lowest BCUT2D eigenvalue weighted by molar-refractivity contribution is 0.0237. The van der Waals surface area contributed by atoms with Crippen molar-refractivity contribution in [2.75, 3.05) is 6.61 Å². The molecule has 4 nitrogen and oxygen atoms in total. The summed E-state index contributed by atoms with van der Waals surface area (Å²) >= 11 is 0. The number of carbonyl (C=O) groups is 1. The van der Waals surface area contributed by atoms with Crippen LogP contribution in [-0.4, -0.2) is 28.1 Å². The van der Waals surface area contributed by atoms with Crippen LogP contribution in [-0.2, 0) is 0 Å². The fourth-order valence-electron chi connectivity index (χ4n) is 2.65. The number of pyridine rings is 1. The normalized spacial score (nSPS) is 18.3. The van der Waals surface area contributed by atoms with Gasteiger partial charge in [0, 0.05) is 11.8 Å². The number of aliphatic hydroxyl groups is 1. The molecule has 0 radical (unpaired) electrons. The van der Waals surface area contributed by atoms with Crippen molar-refractivity contribution in [2.24, 2.45) is 0 Å². The second-order valence-electron chi connectivity index (χ2n) is 5.53. The molecule has 1 fully saturated rings. The Morgan fingerprint density at radius 1 is 1.30 bits per heavy atom. The van der Waals surface area contributed by atoms with Crippen molar-refractivity contribution in [3.05, 3.63) is 24.0 Å². The number of ether oxygens (including phenoxy) is 1. The number of rotatable bonds is 5. The topological polar surface area (TPSA) is 59.4 Å². The van der Waals surface area contributed by atoms with E-state index in [1.165, 1.54) is 6.20 Å². The number of hydrogen-bond donors (Lipinski definition) is 1. The Morgan fingerprint density at radius 3 is 2.65 bits per heavy atom. The summed E-state index contributed by atoms with van der Waals surface area (Å²) < 4.78 is 5.49. The molecule has 0 aromatic carbocycles. The Labute approximate surface area is 120 Å². The molecule has 1 aromatic rings. The average molecular weight is 277 g/mol. The molecule has 0 spiro atoms. The van der Waals surface area contributed by atoms with E-state index in [9.17, 15) is 9.90 Å². The number of nitrogens with zero attached hydrogens (tertiary/aromatic N) is 1. The largest absolute Gasteiger partial charge is 0.492 e. The van der Waals surface area contributed by atoms with E-state index in [1.54, 1.807) is 12.3 Å². The van der Waals surface area contributed by atoms with Crippen LogP contribution < -0.4 is 4.74 Å². The number of hydrogen-bond acceptors (Lipinski definition) is 4. The molecule has 20 heavy (non-hydrogen) atoms. The Kier molecular flexibility index (Phi) is 5.12. The molecular formula is C16H23NO3. The predicted octanol–water partition coefficient (Wildman–Crippen LogP) is 3.14. The van der Waals surface area contributed by atoms with E-state index in [0.717, 1.165) is 32.1 Å². The highest BCUT2D eigenvalue weighted by Crippen LogP contribution is 2.30. The maximum absolute atomic E-state index is 12.6. The van der Waals surface area contributed by atoms with E-state index >= 15 is 0 Å². The minimum absolute atomic E-state index is 0.214. The lowest BCUT2D eigenvalue weighted by atomic mass is 9.86. The molecule has 1 aliphatic rings. The average Bonchev–Trinajstić information content (AvgIpc) is 2.70. The fourth-order valence-corrected chi connectivity index (χ4v) is 2.65. The summed E-state index contributed by atoms with van der Waals surface area (Å²) in [4.78, 5) is 16.6. The standard InChI is InChI=1S/C16H23NO3/c1-2-9-20-14-10-13(11-17-12-14)15(18)16(19)7-5-3-4-6-8-16/h10-12,19H,2-9H2,1H3. The monoisotopic (exact) mass is 277 g/mol. The van der Waals surface area contributed by atoms with E-state index in [1.807, 2.05) is 6.92 Å². The van der Waals surface area contributed by atoms with Gasteiger partial charge < -0.3 is 9.84 Å². The smallest absolute Gasteiger partial charge is 0.196 e. The summed E-state index contributed by atoms with van der Waals surface area (Å²) in [6, 6.07) is 1.69. The van der Waals surface area contributed by atoms with E-state index in [2.05, 4.69) is 4.98 Å². The van der Waals surface area contributed by atoms with Crippen molar-refractivity contribution >= 4 is 5.78 Å². The summed E-state index contributed by atoms with van der Waals surface area (Å²) in [5.74, 6) is 0.378. The summed E-state index contributed by atoms with van der Waals surface area (Å²) in [5, 5.41) is 10.6. The van der Waals surface area contributed by atoms with Crippen LogP contribution in [0, 0.1) is 0 Å². The first-order chi connectivity index (χ1) is 9.65. The Hall–Kier alpha value is -1.42. The first-order valence-corrected chi connectivity index (χ1v) is 7.51. The molecule has 0 saturated heterocycles.